The van der Waals surface area contributed by atoms with Crippen LogP contribution in [0.1, 0.15) is 68.3 Å². The third kappa shape index (κ3) is 3.38. The molecule has 0 spiro atoms. The molecule has 1 aromatic rings. The molecule has 2 N–H and O–H groups in total. The highest BCUT2D eigenvalue weighted by Gasteiger charge is 2.30. The van der Waals surface area contributed by atoms with E-state index in [1.54, 1.807) is 0 Å². The average Bonchev–Trinajstić information content (AvgIpc) is 3.08. The first-order valence-electron chi connectivity index (χ1n) is 9.06. The van der Waals surface area contributed by atoms with Crippen molar-refractivity contribution in [2.45, 2.75) is 58.4 Å². The van der Waals surface area contributed by atoms with E-state index in [1.807, 2.05) is 0 Å². The van der Waals surface area contributed by atoms with E-state index in [2.05, 4.69) is 48.2 Å². The summed E-state index contributed by atoms with van der Waals surface area (Å²) in [4.78, 5) is 23.9. The van der Waals surface area contributed by atoms with Gasteiger partial charge in [0.1, 0.15) is 17.3 Å². The van der Waals surface area contributed by atoms with Crippen LogP contribution >= 0.6 is 0 Å². The molecular weight excluding hydrogens is 302 g/mol. The van der Waals surface area contributed by atoms with Crippen molar-refractivity contribution in [3.05, 3.63) is 17.1 Å². The Balaban J connectivity index is 1.85. The predicted molar refractivity (Wildman–Crippen MR) is 95.5 cm³/mol. The molecule has 6 heteroatoms. The van der Waals surface area contributed by atoms with Crippen LogP contribution in [0.4, 0.5) is 5.82 Å². The second kappa shape index (κ2) is 6.67. The SMILES string of the molecule is CC(C)c1nc(NCC(C)(C)N2CCCC2)c2c(n1)C(=O)NCC2. The number of carbonyl (C=O) groups excluding carboxylic acids is 1. The van der Waals surface area contributed by atoms with Crippen LogP contribution in [0.3, 0.4) is 0 Å². The van der Waals surface area contributed by atoms with Crippen molar-refractivity contribution in [3.63, 3.8) is 0 Å². The maximum absolute atomic E-state index is 12.2. The number of hydrogen-bond donors (Lipinski definition) is 2. The molecule has 0 bridgehead atoms. The number of nitrogens with one attached hydrogen (secondary N) is 2. The monoisotopic (exact) mass is 331 g/mol. The van der Waals surface area contributed by atoms with Gasteiger partial charge in [-0.25, -0.2) is 9.97 Å². The van der Waals surface area contributed by atoms with Crippen LogP contribution in [-0.2, 0) is 6.42 Å². The molecule has 132 valence electrons. The quantitative estimate of drug-likeness (QED) is 0.865. The summed E-state index contributed by atoms with van der Waals surface area (Å²) in [5.41, 5.74) is 1.57. The number of aromatic nitrogens is 2. The van der Waals surface area contributed by atoms with E-state index in [0.717, 1.165) is 43.3 Å². The Morgan fingerprint density at radius 1 is 1.25 bits per heavy atom. The molecule has 2 aliphatic rings. The van der Waals surface area contributed by atoms with Crippen LogP contribution in [0.15, 0.2) is 0 Å². The molecule has 1 saturated heterocycles. The first-order chi connectivity index (χ1) is 11.4. The van der Waals surface area contributed by atoms with Gasteiger partial charge < -0.3 is 10.6 Å². The van der Waals surface area contributed by atoms with Crippen LogP contribution in [0, 0.1) is 0 Å². The van der Waals surface area contributed by atoms with Gasteiger partial charge in [0.15, 0.2) is 0 Å². The largest absolute Gasteiger partial charge is 0.368 e. The molecule has 24 heavy (non-hydrogen) atoms. The minimum atomic E-state index is -0.0811. The van der Waals surface area contributed by atoms with Crippen molar-refractivity contribution < 1.29 is 4.79 Å². The molecule has 6 nitrogen and oxygen atoms in total. The smallest absolute Gasteiger partial charge is 0.270 e. The van der Waals surface area contributed by atoms with E-state index < -0.39 is 0 Å². The summed E-state index contributed by atoms with van der Waals surface area (Å²) in [6, 6.07) is 0. The highest BCUT2D eigenvalue weighted by molar-refractivity contribution is 5.96. The lowest BCUT2D eigenvalue weighted by Crippen LogP contribution is -2.47. The molecule has 3 heterocycles. The van der Waals surface area contributed by atoms with Crippen molar-refractivity contribution >= 4 is 11.7 Å². The van der Waals surface area contributed by atoms with Gasteiger partial charge in [-0.15, -0.1) is 0 Å². The minimum Gasteiger partial charge on any atom is -0.368 e. The fourth-order valence-corrected chi connectivity index (χ4v) is 3.45. The molecule has 1 aromatic heterocycles. The van der Waals surface area contributed by atoms with Crippen LogP contribution in [-0.4, -0.2) is 52.5 Å². The lowest BCUT2D eigenvalue weighted by Gasteiger charge is -2.36. The first kappa shape index (κ1) is 17.1. The zero-order valence-corrected chi connectivity index (χ0v) is 15.3. The molecule has 0 aromatic carbocycles. The molecule has 1 amide bonds. The van der Waals surface area contributed by atoms with Gasteiger partial charge >= 0.3 is 0 Å². The second-order valence-electron chi connectivity index (χ2n) is 7.78. The fourth-order valence-electron chi connectivity index (χ4n) is 3.45. The molecule has 0 aliphatic carbocycles. The second-order valence-corrected chi connectivity index (χ2v) is 7.78. The number of fused-ring (bicyclic) bond motifs is 1. The highest BCUT2D eigenvalue weighted by Crippen LogP contribution is 2.25. The summed E-state index contributed by atoms with van der Waals surface area (Å²) < 4.78 is 0. The molecule has 0 unspecified atom stereocenters. The van der Waals surface area contributed by atoms with E-state index in [-0.39, 0.29) is 17.4 Å². The predicted octanol–water partition coefficient (Wildman–Crippen LogP) is 2.17. The zero-order chi connectivity index (χ0) is 17.3. The first-order valence-corrected chi connectivity index (χ1v) is 9.06. The molecule has 0 radical (unpaired) electrons. The Morgan fingerprint density at radius 3 is 2.62 bits per heavy atom. The van der Waals surface area contributed by atoms with Gasteiger partial charge in [-0.2, -0.15) is 0 Å². The molecule has 3 rings (SSSR count). The van der Waals surface area contributed by atoms with Crippen molar-refractivity contribution in [3.8, 4) is 0 Å². The number of anilines is 1. The van der Waals surface area contributed by atoms with Crippen molar-refractivity contribution in [2.75, 3.05) is 31.5 Å². The van der Waals surface area contributed by atoms with Crippen LogP contribution in [0.2, 0.25) is 0 Å². The Bertz CT molecular complexity index is 620. The number of hydrogen-bond acceptors (Lipinski definition) is 5. The highest BCUT2D eigenvalue weighted by atomic mass is 16.1. The Morgan fingerprint density at radius 2 is 1.96 bits per heavy atom. The fraction of sp³-hybridized carbons (Fsp3) is 0.722. The van der Waals surface area contributed by atoms with Crippen molar-refractivity contribution in [2.24, 2.45) is 0 Å². The van der Waals surface area contributed by atoms with Crippen molar-refractivity contribution in [1.29, 1.82) is 0 Å². The number of amides is 1. The third-order valence-electron chi connectivity index (χ3n) is 5.07. The normalized spacial score (nSPS) is 18.6. The summed E-state index contributed by atoms with van der Waals surface area (Å²) in [7, 11) is 0. The van der Waals surface area contributed by atoms with Gasteiger partial charge in [-0.05, 0) is 46.2 Å². The molecular formula is C18H29N5O. The summed E-state index contributed by atoms with van der Waals surface area (Å²) >= 11 is 0. The van der Waals surface area contributed by atoms with E-state index >= 15 is 0 Å². The molecule has 0 atom stereocenters. The number of nitrogens with zero attached hydrogens (tertiary/aromatic N) is 3. The summed E-state index contributed by atoms with van der Waals surface area (Å²) in [5, 5.41) is 6.42. The van der Waals surface area contributed by atoms with E-state index in [4.69, 9.17) is 4.98 Å². The number of carbonyl (C=O) groups is 1. The lowest BCUT2D eigenvalue weighted by molar-refractivity contribution is 0.0940. The van der Waals surface area contributed by atoms with Gasteiger partial charge in [-0.1, -0.05) is 13.8 Å². The minimum absolute atomic E-state index is 0.0727. The van der Waals surface area contributed by atoms with Gasteiger partial charge in [0.05, 0.1) is 0 Å². The number of likely N-dealkylation sites (tertiary alicyclic amines) is 1. The summed E-state index contributed by atoms with van der Waals surface area (Å²) in [5.74, 6) is 1.68. The Labute approximate surface area is 144 Å². The van der Waals surface area contributed by atoms with Gasteiger partial charge in [-0.3, -0.25) is 9.69 Å². The number of rotatable bonds is 5. The summed E-state index contributed by atoms with van der Waals surface area (Å²) in [6.07, 6.45) is 3.35. The molecule has 2 aliphatic heterocycles. The zero-order valence-electron chi connectivity index (χ0n) is 15.3. The molecule has 1 fully saturated rings. The maximum Gasteiger partial charge on any atom is 0.270 e. The Kier molecular flexibility index (Phi) is 4.76. The molecule has 0 saturated carbocycles. The average molecular weight is 331 g/mol. The van der Waals surface area contributed by atoms with Crippen LogP contribution in [0.5, 0.6) is 0 Å². The summed E-state index contributed by atoms with van der Waals surface area (Å²) in [6.45, 7) is 12.5. The standard InChI is InChI=1S/C18H29N5O/c1-12(2)15-21-14-13(7-8-19-17(14)24)16(22-15)20-11-18(3,4)23-9-5-6-10-23/h12H,5-11H2,1-4H3,(H,19,24)(H,20,21,22). The van der Waals surface area contributed by atoms with Gasteiger partial charge in [0.25, 0.3) is 5.91 Å². The van der Waals surface area contributed by atoms with Gasteiger partial charge in [0, 0.05) is 30.1 Å². The Hall–Kier alpha value is -1.69. The van der Waals surface area contributed by atoms with Gasteiger partial charge in [0.2, 0.25) is 0 Å². The third-order valence-corrected chi connectivity index (χ3v) is 5.07. The lowest BCUT2D eigenvalue weighted by atomic mass is 10.0. The van der Waals surface area contributed by atoms with E-state index in [0.29, 0.717) is 12.2 Å². The topological polar surface area (TPSA) is 70.2 Å². The van der Waals surface area contributed by atoms with E-state index in [9.17, 15) is 4.79 Å². The maximum atomic E-state index is 12.2. The van der Waals surface area contributed by atoms with Crippen molar-refractivity contribution in [1.82, 2.24) is 20.2 Å². The van der Waals surface area contributed by atoms with Crippen LogP contribution in [0.25, 0.3) is 0 Å². The van der Waals surface area contributed by atoms with Crippen LogP contribution < -0.4 is 10.6 Å². The van der Waals surface area contributed by atoms with E-state index in [1.165, 1.54) is 12.8 Å².